The Balaban J connectivity index is 1.86. The zero-order chi connectivity index (χ0) is 29.2. The number of ether oxygens (including phenoxy) is 1. The highest BCUT2D eigenvalue weighted by Crippen LogP contribution is 2.10. The molecular formula is C28H38ClN5O6. The molecule has 0 heterocycles. The number of rotatable bonds is 17. The number of alkyl carbamates (subject to hydrolysis) is 1. The number of amides is 4. The Morgan fingerprint density at radius 1 is 0.825 bits per heavy atom. The summed E-state index contributed by atoms with van der Waals surface area (Å²) in [5.74, 6) is -1.59. The van der Waals surface area contributed by atoms with Crippen LogP contribution >= 0.6 is 11.6 Å². The van der Waals surface area contributed by atoms with Gasteiger partial charge in [-0.05, 0) is 68.3 Å². The van der Waals surface area contributed by atoms with Crippen LogP contribution < -0.4 is 27.0 Å². The monoisotopic (exact) mass is 575 g/mol. The molecular weight excluding hydrogens is 538 g/mol. The Morgan fingerprint density at radius 2 is 1.48 bits per heavy atom. The van der Waals surface area contributed by atoms with E-state index in [-0.39, 0.29) is 26.0 Å². The molecule has 0 saturated carbocycles. The Morgan fingerprint density at radius 3 is 2.15 bits per heavy atom. The molecule has 1 unspecified atom stereocenters. The molecule has 2 atom stereocenters. The number of nitrogens with two attached hydrogens (primary N) is 1. The van der Waals surface area contributed by atoms with E-state index in [9.17, 15) is 24.3 Å². The molecule has 0 aliphatic heterocycles. The Labute approximate surface area is 239 Å². The van der Waals surface area contributed by atoms with Crippen molar-refractivity contribution in [3.8, 4) is 0 Å². The third-order valence-corrected chi connectivity index (χ3v) is 6.21. The van der Waals surface area contributed by atoms with Gasteiger partial charge in [-0.15, -0.1) is 0 Å². The van der Waals surface area contributed by atoms with Gasteiger partial charge in [0.05, 0.1) is 0 Å². The fourth-order valence-electron chi connectivity index (χ4n) is 3.73. The van der Waals surface area contributed by atoms with Crippen LogP contribution in [0.4, 0.5) is 9.59 Å². The topological polar surface area (TPSA) is 172 Å². The van der Waals surface area contributed by atoms with E-state index in [0.717, 1.165) is 11.1 Å². The minimum absolute atomic E-state index is 0.158. The molecule has 0 bridgehead atoms. The molecule has 2 aromatic carbocycles. The normalized spacial score (nSPS) is 12.1. The van der Waals surface area contributed by atoms with E-state index in [1.165, 1.54) is 0 Å². The van der Waals surface area contributed by atoms with Gasteiger partial charge in [-0.2, -0.15) is 0 Å². The first-order valence-corrected chi connectivity index (χ1v) is 13.6. The lowest BCUT2D eigenvalue weighted by atomic mass is 10.1. The number of hydrogen-bond donors (Lipinski definition) is 6. The van der Waals surface area contributed by atoms with Gasteiger partial charge >= 0.3 is 18.1 Å². The standard InChI is InChI=1S/C28H38ClN5O6/c29-22-14-12-20(13-15-22)18-32-25(35)23(33-27(38)34-24(26(36)37)11-4-6-16-30)10-5-7-17-31-28(39)40-19-21-8-2-1-3-9-21/h1-3,8-9,12-15,23-24H,4-7,10-11,16-19,30H2,(H,31,39)(H,32,35)(H,36,37)(H2,33,34,38)/t23-,24?/m1/s1. The predicted molar refractivity (Wildman–Crippen MR) is 152 cm³/mol. The molecule has 2 aromatic rings. The van der Waals surface area contributed by atoms with Crippen LogP contribution in [-0.2, 0) is 27.5 Å². The maximum atomic E-state index is 12.9. The van der Waals surface area contributed by atoms with Crippen molar-refractivity contribution in [1.82, 2.24) is 21.3 Å². The molecule has 2 rings (SSSR count). The van der Waals surface area contributed by atoms with Crippen LogP contribution in [-0.4, -0.2) is 54.3 Å². The Bertz CT molecular complexity index is 1070. The molecule has 40 heavy (non-hydrogen) atoms. The fraction of sp³-hybridized carbons (Fsp3) is 0.429. The summed E-state index contributed by atoms with van der Waals surface area (Å²) in [6, 6.07) is 13.5. The third-order valence-electron chi connectivity index (χ3n) is 5.95. The predicted octanol–water partition coefficient (Wildman–Crippen LogP) is 3.30. The number of urea groups is 1. The SMILES string of the molecule is NCCCCC(NC(=O)N[C@H](CCCCNC(=O)OCc1ccccc1)C(=O)NCc1ccc(Cl)cc1)C(=O)O. The summed E-state index contributed by atoms with van der Waals surface area (Å²) in [6.45, 7) is 1.13. The average Bonchev–Trinajstić information content (AvgIpc) is 2.94. The van der Waals surface area contributed by atoms with Crippen LogP contribution in [0, 0.1) is 0 Å². The number of nitrogens with one attached hydrogen (secondary N) is 4. The molecule has 0 fully saturated rings. The molecule has 218 valence electrons. The second kappa shape index (κ2) is 18.5. The summed E-state index contributed by atoms with van der Waals surface area (Å²) in [5, 5.41) is 20.5. The van der Waals surface area contributed by atoms with E-state index in [2.05, 4.69) is 21.3 Å². The molecule has 4 amide bonds. The highest BCUT2D eigenvalue weighted by molar-refractivity contribution is 6.30. The maximum absolute atomic E-state index is 12.9. The van der Waals surface area contributed by atoms with Crippen molar-refractivity contribution in [1.29, 1.82) is 0 Å². The van der Waals surface area contributed by atoms with Crippen LogP contribution in [0.15, 0.2) is 54.6 Å². The Kier molecular flexibility index (Phi) is 14.9. The largest absolute Gasteiger partial charge is 0.480 e. The molecule has 12 heteroatoms. The van der Waals surface area contributed by atoms with E-state index in [0.29, 0.717) is 43.8 Å². The van der Waals surface area contributed by atoms with Crippen molar-refractivity contribution in [2.24, 2.45) is 5.73 Å². The lowest BCUT2D eigenvalue weighted by Gasteiger charge is -2.21. The van der Waals surface area contributed by atoms with Crippen LogP contribution in [0.2, 0.25) is 5.02 Å². The summed E-state index contributed by atoms with van der Waals surface area (Å²) >= 11 is 5.91. The minimum Gasteiger partial charge on any atom is -0.480 e. The third kappa shape index (κ3) is 13.3. The van der Waals surface area contributed by atoms with Gasteiger partial charge in [-0.3, -0.25) is 4.79 Å². The fourth-order valence-corrected chi connectivity index (χ4v) is 3.86. The summed E-state index contributed by atoms with van der Waals surface area (Å²) in [7, 11) is 0. The first-order valence-electron chi connectivity index (χ1n) is 13.2. The van der Waals surface area contributed by atoms with Gasteiger partial charge in [0, 0.05) is 18.1 Å². The van der Waals surface area contributed by atoms with Gasteiger partial charge in [0.1, 0.15) is 18.7 Å². The van der Waals surface area contributed by atoms with E-state index in [1.54, 1.807) is 24.3 Å². The number of halogens is 1. The number of carboxylic acid groups (broad SMARTS) is 1. The van der Waals surface area contributed by atoms with Gasteiger partial charge in [0.15, 0.2) is 0 Å². The summed E-state index contributed by atoms with van der Waals surface area (Å²) in [6.07, 6.45) is 2.15. The van der Waals surface area contributed by atoms with Gasteiger partial charge in [0.2, 0.25) is 5.91 Å². The van der Waals surface area contributed by atoms with Crippen molar-refractivity contribution in [2.45, 2.75) is 63.8 Å². The zero-order valence-electron chi connectivity index (χ0n) is 22.4. The molecule has 0 aliphatic carbocycles. The first kappa shape index (κ1) is 32.4. The number of benzene rings is 2. The number of carboxylic acids is 1. The highest BCUT2D eigenvalue weighted by atomic mass is 35.5. The Hall–Kier alpha value is -3.83. The van der Waals surface area contributed by atoms with Gasteiger partial charge in [-0.1, -0.05) is 54.1 Å². The van der Waals surface area contributed by atoms with Crippen molar-refractivity contribution in [2.75, 3.05) is 13.1 Å². The van der Waals surface area contributed by atoms with Gasteiger partial charge < -0.3 is 36.8 Å². The van der Waals surface area contributed by atoms with E-state index in [4.69, 9.17) is 22.1 Å². The highest BCUT2D eigenvalue weighted by Gasteiger charge is 2.24. The van der Waals surface area contributed by atoms with Crippen LogP contribution in [0.1, 0.15) is 49.7 Å². The van der Waals surface area contributed by atoms with Crippen LogP contribution in [0.5, 0.6) is 0 Å². The second-order valence-corrected chi connectivity index (χ2v) is 9.61. The molecule has 0 aliphatic rings. The lowest BCUT2D eigenvalue weighted by Crippen LogP contribution is -2.53. The van der Waals surface area contributed by atoms with E-state index < -0.39 is 36.1 Å². The zero-order valence-corrected chi connectivity index (χ0v) is 23.1. The summed E-state index contributed by atoms with van der Waals surface area (Å²) in [5.41, 5.74) is 7.16. The van der Waals surface area contributed by atoms with E-state index >= 15 is 0 Å². The number of carbonyl (C=O) groups is 4. The molecule has 0 radical (unpaired) electrons. The van der Waals surface area contributed by atoms with Crippen molar-refractivity contribution < 1.29 is 29.0 Å². The van der Waals surface area contributed by atoms with Gasteiger partial charge in [-0.25, -0.2) is 14.4 Å². The molecule has 11 nitrogen and oxygen atoms in total. The summed E-state index contributed by atoms with van der Waals surface area (Å²) in [4.78, 5) is 49.0. The number of unbranched alkanes of at least 4 members (excludes halogenated alkanes) is 2. The number of aliphatic carboxylic acids is 1. The smallest absolute Gasteiger partial charge is 0.407 e. The van der Waals surface area contributed by atoms with Crippen molar-refractivity contribution in [3.63, 3.8) is 0 Å². The van der Waals surface area contributed by atoms with E-state index in [1.807, 2.05) is 30.3 Å². The average molecular weight is 576 g/mol. The van der Waals surface area contributed by atoms with Crippen LogP contribution in [0.25, 0.3) is 0 Å². The van der Waals surface area contributed by atoms with Crippen LogP contribution in [0.3, 0.4) is 0 Å². The number of hydrogen-bond acceptors (Lipinski definition) is 6. The first-order chi connectivity index (χ1) is 19.3. The van der Waals surface area contributed by atoms with Crippen molar-refractivity contribution in [3.05, 3.63) is 70.7 Å². The van der Waals surface area contributed by atoms with Gasteiger partial charge in [0.25, 0.3) is 0 Å². The molecule has 7 N–H and O–H groups in total. The molecule has 0 saturated heterocycles. The maximum Gasteiger partial charge on any atom is 0.407 e. The molecule has 0 spiro atoms. The molecule has 0 aromatic heterocycles. The lowest BCUT2D eigenvalue weighted by molar-refractivity contribution is -0.139. The van der Waals surface area contributed by atoms with Crippen molar-refractivity contribution >= 4 is 35.6 Å². The number of carbonyl (C=O) groups excluding carboxylic acids is 3. The minimum atomic E-state index is -1.17. The quantitative estimate of drug-likeness (QED) is 0.157. The second-order valence-electron chi connectivity index (χ2n) is 9.17. The summed E-state index contributed by atoms with van der Waals surface area (Å²) < 4.78 is 5.18.